The highest BCUT2D eigenvalue weighted by Crippen LogP contribution is 2.61. The molecule has 0 amide bonds. The highest BCUT2D eigenvalue weighted by atomic mass is 19.2. The molecule has 0 radical (unpaired) electrons. The van der Waals surface area contributed by atoms with Crippen molar-refractivity contribution < 1.29 is 17.6 Å². The third-order valence-corrected chi connectivity index (χ3v) is 16.8. The molecule has 1 aliphatic carbocycles. The number of rotatable bonds is 11. The van der Waals surface area contributed by atoms with E-state index < -0.39 is 22.9 Å². The van der Waals surface area contributed by atoms with Crippen molar-refractivity contribution in [3.63, 3.8) is 0 Å². The highest BCUT2D eigenvalue weighted by Gasteiger charge is 2.49. The zero-order chi connectivity index (χ0) is 56.3. The van der Waals surface area contributed by atoms with E-state index in [4.69, 9.17) is 4.42 Å². The van der Waals surface area contributed by atoms with Crippen molar-refractivity contribution in [1.29, 1.82) is 0 Å². The van der Waals surface area contributed by atoms with Crippen molar-refractivity contribution in [2.45, 2.75) is 5.41 Å². The Bertz CT molecular complexity index is 4610. The summed E-state index contributed by atoms with van der Waals surface area (Å²) in [6.45, 7) is 0. The molecule has 0 bridgehead atoms. The largest absolute Gasteiger partial charge is 0.455 e. The van der Waals surface area contributed by atoms with Gasteiger partial charge in [0.2, 0.25) is 0 Å². The van der Waals surface area contributed by atoms with Crippen molar-refractivity contribution in [3.8, 4) is 77.9 Å². The second-order valence-corrected chi connectivity index (χ2v) is 21.5. The first kappa shape index (κ1) is 50.2. The lowest BCUT2D eigenvalue weighted by molar-refractivity contribution is 0.447. The van der Waals surface area contributed by atoms with Crippen molar-refractivity contribution in [2.24, 2.45) is 0 Å². The topological polar surface area (TPSA) is 16.4 Å². The van der Waals surface area contributed by atoms with Crippen LogP contribution in [0.25, 0.3) is 99.8 Å². The number of furan rings is 1. The molecule has 84 heavy (non-hydrogen) atoms. The van der Waals surface area contributed by atoms with E-state index in [1.54, 1.807) is 0 Å². The molecule has 0 aliphatic heterocycles. The van der Waals surface area contributed by atoms with Gasteiger partial charge < -0.3 is 9.32 Å². The maximum atomic E-state index is 16.0. The van der Waals surface area contributed by atoms with Gasteiger partial charge in [-0.25, -0.2) is 13.2 Å². The van der Waals surface area contributed by atoms with Gasteiger partial charge in [0.05, 0.1) is 5.41 Å². The summed E-state index contributed by atoms with van der Waals surface area (Å²) in [5, 5.41) is 1.92. The van der Waals surface area contributed by atoms with Gasteiger partial charge in [-0.3, -0.25) is 0 Å². The number of halogens is 3. The van der Waals surface area contributed by atoms with Crippen LogP contribution in [0.4, 0.5) is 30.2 Å². The van der Waals surface area contributed by atoms with Crippen LogP contribution in [0.3, 0.4) is 0 Å². The van der Waals surface area contributed by atoms with Gasteiger partial charge in [-0.2, -0.15) is 0 Å². The molecule has 0 unspecified atom stereocenters. The summed E-state index contributed by atoms with van der Waals surface area (Å²) in [6, 6.07) is 104. The molecule has 0 fully saturated rings. The molecule has 15 rings (SSSR count). The average molecular weight is 1090 g/mol. The van der Waals surface area contributed by atoms with Crippen LogP contribution in [-0.2, 0) is 5.41 Å². The van der Waals surface area contributed by atoms with E-state index >= 15 is 13.2 Å². The van der Waals surface area contributed by atoms with Gasteiger partial charge in [-0.15, -0.1) is 0 Å². The van der Waals surface area contributed by atoms with E-state index in [1.807, 2.05) is 91.0 Å². The fourth-order valence-electron chi connectivity index (χ4n) is 12.9. The van der Waals surface area contributed by atoms with Gasteiger partial charge in [-0.1, -0.05) is 224 Å². The van der Waals surface area contributed by atoms with Crippen molar-refractivity contribution >= 4 is 39.0 Å². The number of benzene rings is 13. The van der Waals surface area contributed by atoms with Crippen LogP contribution in [0.2, 0.25) is 0 Å². The predicted octanol–water partition coefficient (Wildman–Crippen LogP) is 21.8. The fraction of sp³-hybridized carbons (Fsp3) is 0.0127. The quantitative estimate of drug-likeness (QED) is 0.120. The van der Waals surface area contributed by atoms with Gasteiger partial charge in [0.25, 0.3) is 0 Å². The Morgan fingerprint density at radius 1 is 0.286 bits per heavy atom. The maximum Gasteiger partial charge on any atom is 0.194 e. The van der Waals surface area contributed by atoms with E-state index in [-0.39, 0.29) is 5.56 Å². The molecule has 13 aromatic carbocycles. The van der Waals surface area contributed by atoms with Gasteiger partial charge in [0.15, 0.2) is 17.5 Å². The van der Waals surface area contributed by atoms with Crippen molar-refractivity contribution in [1.82, 2.24) is 0 Å². The van der Waals surface area contributed by atoms with E-state index in [1.165, 1.54) is 0 Å². The molecular weight excluding hydrogens is 1040 g/mol. The Kier molecular flexibility index (Phi) is 12.4. The van der Waals surface area contributed by atoms with Crippen LogP contribution in [0.1, 0.15) is 22.3 Å². The Balaban J connectivity index is 0.977. The SMILES string of the molecule is Fc1cc(-c2cc(-c3cccc4c3oc3ccccc34)cc3c2C(c2ccccc2)(c2ccccc2)c2cc(-c4ccc(N(c5ccc(-c6ccccc6)cc5)c5ccc(-c6ccccc6)cc5)cc4)c(-c4ccccc4)cc2-3)cc(F)c1F. The van der Waals surface area contributed by atoms with Gasteiger partial charge >= 0.3 is 0 Å². The average Bonchev–Trinajstić information content (AvgIpc) is 1.61. The van der Waals surface area contributed by atoms with Crippen LogP contribution in [0.15, 0.2) is 308 Å². The van der Waals surface area contributed by atoms with Crippen LogP contribution >= 0.6 is 0 Å². The van der Waals surface area contributed by atoms with Crippen LogP contribution < -0.4 is 4.90 Å². The monoisotopic (exact) mass is 1090 g/mol. The highest BCUT2D eigenvalue weighted by molar-refractivity contribution is 6.10. The molecule has 0 N–H and O–H groups in total. The minimum absolute atomic E-state index is 0.207. The number of nitrogens with zero attached hydrogens (tertiary/aromatic N) is 1. The molecule has 1 aromatic heterocycles. The second-order valence-electron chi connectivity index (χ2n) is 21.5. The first-order valence-electron chi connectivity index (χ1n) is 28.2. The van der Waals surface area contributed by atoms with E-state index in [2.05, 4.69) is 205 Å². The molecular formula is C79H50F3NO. The molecule has 0 spiro atoms. The molecule has 14 aromatic rings. The molecule has 1 heterocycles. The lowest BCUT2D eigenvalue weighted by atomic mass is 9.65. The maximum absolute atomic E-state index is 16.0. The normalized spacial score (nSPS) is 12.3. The van der Waals surface area contributed by atoms with Gasteiger partial charge in [-0.05, 0) is 173 Å². The number of hydrogen-bond donors (Lipinski definition) is 0. The number of fused-ring (bicyclic) bond motifs is 6. The smallest absolute Gasteiger partial charge is 0.194 e. The minimum atomic E-state index is -1.52. The predicted molar refractivity (Wildman–Crippen MR) is 338 cm³/mol. The van der Waals surface area contributed by atoms with Crippen LogP contribution in [0, 0.1) is 17.5 Å². The third-order valence-electron chi connectivity index (χ3n) is 16.8. The number of anilines is 3. The van der Waals surface area contributed by atoms with Crippen molar-refractivity contribution in [2.75, 3.05) is 4.90 Å². The summed E-state index contributed by atoms with van der Waals surface area (Å²) in [7, 11) is 0. The molecule has 5 heteroatoms. The Morgan fingerprint density at radius 3 is 1.25 bits per heavy atom. The van der Waals surface area contributed by atoms with E-state index in [0.717, 1.165) is 135 Å². The number of hydrogen-bond acceptors (Lipinski definition) is 2. The van der Waals surface area contributed by atoms with E-state index in [9.17, 15) is 0 Å². The van der Waals surface area contributed by atoms with E-state index in [0.29, 0.717) is 11.1 Å². The molecule has 0 saturated carbocycles. The van der Waals surface area contributed by atoms with Crippen LogP contribution in [0.5, 0.6) is 0 Å². The fourth-order valence-corrected chi connectivity index (χ4v) is 12.9. The zero-order valence-corrected chi connectivity index (χ0v) is 45.4. The Morgan fingerprint density at radius 2 is 0.702 bits per heavy atom. The first-order chi connectivity index (χ1) is 41.4. The Hall–Kier alpha value is -10.8. The first-order valence-corrected chi connectivity index (χ1v) is 28.2. The molecule has 2 nitrogen and oxygen atoms in total. The molecule has 0 saturated heterocycles. The summed E-state index contributed by atoms with van der Waals surface area (Å²) in [4.78, 5) is 2.30. The molecule has 398 valence electrons. The zero-order valence-electron chi connectivity index (χ0n) is 45.4. The standard InChI is InChI=1S/C79H50F3NO/c80-73-47-58(48-74(81)77(73)82)69-45-57(64-30-18-31-66-65-29-16-17-32-75(65)84-78(64)66)46-71-70-49-67(55-23-10-3-11-24-55)68(50-72(70)79(76(69)71,59-25-12-4-13-26-59)60-27-14-5-15-28-60)56-37-43-63(44-38-56)83(61-39-33-53(34-40-61)51-19-6-1-7-20-51)62-41-35-54(36-42-62)52-21-8-2-9-22-52/h1-50H. The number of para-hydroxylation sites is 2. The van der Waals surface area contributed by atoms with Gasteiger partial charge in [0, 0.05) is 33.4 Å². The lowest BCUT2D eigenvalue weighted by Gasteiger charge is -2.36. The van der Waals surface area contributed by atoms with Crippen LogP contribution in [-0.4, -0.2) is 0 Å². The summed E-state index contributed by atoms with van der Waals surface area (Å²) in [5.41, 5.74) is 19.8. The lowest BCUT2D eigenvalue weighted by Crippen LogP contribution is -2.29. The van der Waals surface area contributed by atoms with Crippen molar-refractivity contribution in [3.05, 3.63) is 343 Å². The van der Waals surface area contributed by atoms with Gasteiger partial charge in [0.1, 0.15) is 11.2 Å². The second kappa shape index (κ2) is 20.7. The summed E-state index contributed by atoms with van der Waals surface area (Å²) in [6.07, 6.45) is 0. The molecule has 1 aliphatic rings. The summed E-state index contributed by atoms with van der Waals surface area (Å²) < 4.78 is 54.0. The Labute approximate surface area is 485 Å². The third kappa shape index (κ3) is 8.43. The summed E-state index contributed by atoms with van der Waals surface area (Å²) >= 11 is 0. The molecule has 0 atom stereocenters. The summed E-state index contributed by atoms with van der Waals surface area (Å²) in [5.74, 6) is -4.06. The minimum Gasteiger partial charge on any atom is -0.455 e.